The topological polar surface area (TPSA) is 47.6 Å². The van der Waals surface area contributed by atoms with E-state index < -0.39 is 17.4 Å². The average Bonchev–Trinajstić information content (AvgIpc) is 2.92. The minimum absolute atomic E-state index is 0.0879. The molecule has 2 heterocycles. The van der Waals surface area contributed by atoms with Crippen LogP contribution in [0.4, 0.5) is 13.2 Å². The van der Waals surface area contributed by atoms with Crippen LogP contribution < -0.4 is 10.6 Å². The molecule has 0 bridgehead atoms. The lowest BCUT2D eigenvalue weighted by atomic mass is 9.95. The molecule has 2 N–H and O–H groups in total. The zero-order valence-electron chi connectivity index (χ0n) is 15.1. The van der Waals surface area contributed by atoms with E-state index in [1.54, 1.807) is 11.0 Å². The summed E-state index contributed by atoms with van der Waals surface area (Å²) in [5.41, 5.74) is -0.741. The molecule has 2 saturated heterocycles. The van der Waals surface area contributed by atoms with Crippen LogP contribution in [-0.2, 0) is 17.5 Å². The molecule has 0 aromatic heterocycles. The summed E-state index contributed by atoms with van der Waals surface area (Å²) in [4.78, 5) is 16.2. The number of piperidine rings is 1. The summed E-state index contributed by atoms with van der Waals surface area (Å²) in [6, 6.07) is 5.18. The Morgan fingerprint density at radius 2 is 2.04 bits per heavy atom. The van der Waals surface area contributed by atoms with E-state index in [1.807, 2.05) is 6.92 Å². The van der Waals surface area contributed by atoms with Crippen molar-refractivity contribution in [3.63, 3.8) is 0 Å². The zero-order chi connectivity index (χ0) is 19.7. The number of hydrogen-bond donors (Lipinski definition) is 2. The molecule has 1 aromatic rings. The van der Waals surface area contributed by atoms with Crippen LogP contribution in [-0.4, -0.2) is 52.7 Å². The first kappa shape index (κ1) is 19.9. The van der Waals surface area contributed by atoms with Gasteiger partial charge in [-0.3, -0.25) is 10.1 Å². The van der Waals surface area contributed by atoms with Gasteiger partial charge in [0.1, 0.15) is 0 Å². The largest absolute Gasteiger partial charge is 0.416 e. The van der Waals surface area contributed by atoms with Crippen molar-refractivity contribution in [3.8, 4) is 0 Å². The van der Waals surface area contributed by atoms with Gasteiger partial charge in [0.25, 0.3) is 0 Å². The minimum atomic E-state index is -4.39. The summed E-state index contributed by atoms with van der Waals surface area (Å²) < 4.78 is 38.9. The van der Waals surface area contributed by atoms with Gasteiger partial charge >= 0.3 is 6.18 Å². The number of rotatable bonds is 3. The van der Waals surface area contributed by atoms with E-state index in [9.17, 15) is 18.0 Å². The number of alkyl halides is 3. The highest BCUT2D eigenvalue weighted by molar-refractivity contribution is 7.80. The van der Waals surface area contributed by atoms with Crippen molar-refractivity contribution in [2.75, 3.05) is 26.2 Å². The van der Waals surface area contributed by atoms with Crippen LogP contribution in [0, 0.1) is 0 Å². The van der Waals surface area contributed by atoms with Crippen molar-refractivity contribution in [1.29, 1.82) is 0 Å². The molecule has 2 fully saturated rings. The SMILES string of the molecule is CCNC(=S)N1CCC2(CC1)NCC(=O)N2Cc1cccc(C(F)(F)F)c1. The van der Waals surface area contributed by atoms with Crippen LogP contribution in [0.25, 0.3) is 0 Å². The maximum absolute atomic E-state index is 13.0. The fourth-order valence-corrected chi connectivity index (χ4v) is 4.05. The Morgan fingerprint density at radius 3 is 2.67 bits per heavy atom. The second-order valence-electron chi connectivity index (χ2n) is 6.89. The molecule has 0 aliphatic carbocycles. The summed E-state index contributed by atoms with van der Waals surface area (Å²) in [7, 11) is 0. The lowest BCUT2D eigenvalue weighted by Gasteiger charge is -2.45. The standard InChI is InChI=1S/C18H23F3N4OS/c1-2-22-16(27)24-8-6-17(7-9-24)23-11-15(26)25(17)12-13-4-3-5-14(10-13)18(19,20)21/h3-5,10,23H,2,6-9,11-12H2,1H3,(H,22,27). The van der Waals surface area contributed by atoms with Gasteiger partial charge in [0.2, 0.25) is 5.91 Å². The normalized spacial score (nSPS) is 19.6. The Labute approximate surface area is 161 Å². The number of likely N-dealkylation sites (tertiary alicyclic amines) is 1. The summed E-state index contributed by atoms with van der Waals surface area (Å²) in [6.45, 7) is 4.46. The van der Waals surface area contributed by atoms with Crippen molar-refractivity contribution in [2.45, 2.75) is 38.1 Å². The molecule has 1 spiro atoms. The van der Waals surface area contributed by atoms with Crippen LogP contribution in [0.15, 0.2) is 24.3 Å². The van der Waals surface area contributed by atoms with Crippen molar-refractivity contribution in [3.05, 3.63) is 35.4 Å². The van der Waals surface area contributed by atoms with E-state index in [0.29, 0.717) is 36.6 Å². The van der Waals surface area contributed by atoms with Gasteiger partial charge in [-0.1, -0.05) is 12.1 Å². The van der Waals surface area contributed by atoms with Gasteiger partial charge < -0.3 is 15.1 Å². The van der Waals surface area contributed by atoms with Crippen molar-refractivity contribution >= 4 is 23.2 Å². The molecule has 0 radical (unpaired) electrons. The highest BCUT2D eigenvalue weighted by atomic mass is 32.1. The lowest BCUT2D eigenvalue weighted by Crippen LogP contribution is -2.59. The Kier molecular flexibility index (Phi) is 5.62. The Balaban J connectivity index is 1.73. The second-order valence-corrected chi connectivity index (χ2v) is 7.27. The second kappa shape index (κ2) is 7.63. The first-order valence-corrected chi connectivity index (χ1v) is 9.40. The fraction of sp³-hybridized carbons (Fsp3) is 0.556. The Morgan fingerprint density at radius 1 is 1.33 bits per heavy atom. The molecular weight excluding hydrogens is 377 g/mol. The highest BCUT2D eigenvalue weighted by Gasteiger charge is 2.47. The summed E-state index contributed by atoms with van der Waals surface area (Å²) in [5.74, 6) is -0.0879. The molecule has 0 saturated carbocycles. The van der Waals surface area contributed by atoms with Crippen LogP contribution in [0.1, 0.15) is 30.9 Å². The maximum Gasteiger partial charge on any atom is 0.416 e. The third-order valence-corrected chi connectivity index (χ3v) is 5.59. The van der Waals surface area contributed by atoms with Gasteiger partial charge in [-0.15, -0.1) is 0 Å². The number of amides is 1. The van der Waals surface area contributed by atoms with Crippen LogP contribution in [0.5, 0.6) is 0 Å². The van der Waals surface area contributed by atoms with Crippen LogP contribution in [0.3, 0.4) is 0 Å². The van der Waals surface area contributed by atoms with Crippen LogP contribution in [0.2, 0.25) is 0 Å². The van der Waals surface area contributed by atoms with Crippen molar-refractivity contribution in [1.82, 2.24) is 20.4 Å². The fourth-order valence-electron chi connectivity index (χ4n) is 3.73. The Bertz CT molecular complexity index is 717. The summed E-state index contributed by atoms with van der Waals surface area (Å²) in [5, 5.41) is 7.11. The number of carbonyl (C=O) groups excluding carboxylic acids is 1. The number of hydrogen-bond acceptors (Lipinski definition) is 3. The molecule has 0 unspecified atom stereocenters. The zero-order valence-corrected chi connectivity index (χ0v) is 15.9. The first-order chi connectivity index (χ1) is 12.7. The van der Waals surface area contributed by atoms with Crippen molar-refractivity contribution in [2.24, 2.45) is 0 Å². The number of thiocarbonyl (C=S) groups is 1. The molecule has 1 amide bonds. The Hall–Kier alpha value is -1.87. The summed E-state index contributed by atoms with van der Waals surface area (Å²) >= 11 is 5.35. The third kappa shape index (κ3) is 4.19. The first-order valence-electron chi connectivity index (χ1n) is 8.99. The molecule has 9 heteroatoms. The monoisotopic (exact) mass is 400 g/mol. The highest BCUT2D eigenvalue weighted by Crippen LogP contribution is 2.33. The number of benzene rings is 1. The van der Waals surface area contributed by atoms with Crippen LogP contribution >= 0.6 is 12.2 Å². The van der Waals surface area contributed by atoms with Gasteiger partial charge in [0, 0.05) is 39.0 Å². The number of carbonyl (C=O) groups is 1. The molecule has 0 atom stereocenters. The van der Waals surface area contributed by atoms with E-state index >= 15 is 0 Å². The van der Waals surface area contributed by atoms with Gasteiger partial charge in [0.05, 0.1) is 17.8 Å². The molecule has 27 heavy (non-hydrogen) atoms. The molecule has 148 valence electrons. The molecule has 3 rings (SSSR count). The predicted octanol–water partition coefficient (Wildman–Crippen LogP) is 2.32. The van der Waals surface area contributed by atoms with E-state index in [-0.39, 0.29) is 19.0 Å². The van der Waals surface area contributed by atoms with E-state index in [1.165, 1.54) is 6.07 Å². The van der Waals surface area contributed by atoms with E-state index in [4.69, 9.17) is 12.2 Å². The predicted molar refractivity (Wildman–Crippen MR) is 99.8 cm³/mol. The maximum atomic E-state index is 13.0. The number of nitrogens with one attached hydrogen (secondary N) is 2. The van der Waals surface area contributed by atoms with Gasteiger partial charge in [-0.05, 0) is 36.8 Å². The number of nitrogens with zero attached hydrogens (tertiary/aromatic N) is 2. The van der Waals surface area contributed by atoms with Gasteiger partial charge in [0.15, 0.2) is 5.11 Å². The minimum Gasteiger partial charge on any atom is -0.363 e. The molecule has 2 aliphatic rings. The summed E-state index contributed by atoms with van der Waals surface area (Å²) in [6.07, 6.45) is -3.05. The molecule has 1 aromatic carbocycles. The van der Waals surface area contributed by atoms with Gasteiger partial charge in [-0.25, -0.2) is 0 Å². The lowest BCUT2D eigenvalue weighted by molar-refractivity contribution is -0.137. The molecule has 5 nitrogen and oxygen atoms in total. The van der Waals surface area contributed by atoms with E-state index in [0.717, 1.165) is 18.7 Å². The average molecular weight is 400 g/mol. The molecular formula is C18H23F3N4OS. The third-order valence-electron chi connectivity index (χ3n) is 5.19. The smallest absolute Gasteiger partial charge is 0.363 e. The number of halogens is 3. The van der Waals surface area contributed by atoms with Gasteiger partial charge in [-0.2, -0.15) is 13.2 Å². The van der Waals surface area contributed by atoms with E-state index in [2.05, 4.69) is 15.5 Å². The van der Waals surface area contributed by atoms with Crippen molar-refractivity contribution < 1.29 is 18.0 Å². The molecule has 2 aliphatic heterocycles. The quantitative estimate of drug-likeness (QED) is 0.763.